The number of hydrogen-bond donors (Lipinski definition) is 3. The molecule has 26 heavy (non-hydrogen) atoms. The number of hydrazine groups is 1. The number of benzene rings is 1. The topological polar surface area (TPSA) is 119 Å². The number of fused-ring (bicyclic) bond motifs is 1. The summed E-state index contributed by atoms with van der Waals surface area (Å²) in [7, 11) is 1.50. The van der Waals surface area contributed by atoms with Crippen molar-refractivity contribution < 1.29 is 18.7 Å². The fraction of sp³-hybridized carbons (Fsp3) is 0.278. The SMILES string of the molecule is COc1ccccc1C(=O)N/N=C1\CCCc2oc(C(=O)NN)c(C)c21. The van der Waals surface area contributed by atoms with Crippen LogP contribution in [0.25, 0.3) is 0 Å². The Morgan fingerprint density at radius 2 is 2.00 bits per heavy atom. The van der Waals surface area contributed by atoms with Crippen LogP contribution in [0.3, 0.4) is 0 Å². The van der Waals surface area contributed by atoms with E-state index in [1.165, 1.54) is 7.11 Å². The van der Waals surface area contributed by atoms with Crippen molar-refractivity contribution in [3.63, 3.8) is 0 Å². The maximum absolute atomic E-state index is 12.4. The van der Waals surface area contributed by atoms with Crippen LogP contribution in [-0.4, -0.2) is 24.6 Å². The molecule has 8 heteroatoms. The summed E-state index contributed by atoms with van der Waals surface area (Å²) < 4.78 is 10.8. The van der Waals surface area contributed by atoms with Crippen LogP contribution in [0.2, 0.25) is 0 Å². The van der Waals surface area contributed by atoms with Gasteiger partial charge in [0, 0.05) is 17.5 Å². The van der Waals surface area contributed by atoms with E-state index in [0.717, 1.165) is 12.0 Å². The number of para-hydroxylation sites is 1. The maximum Gasteiger partial charge on any atom is 0.301 e. The molecule has 2 aromatic rings. The first-order valence-electron chi connectivity index (χ1n) is 8.20. The summed E-state index contributed by atoms with van der Waals surface area (Å²) in [5, 5.41) is 4.27. The molecular formula is C18H20N4O4. The van der Waals surface area contributed by atoms with Crippen molar-refractivity contribution >= 4 is 17.5 Å². The van der Waals surface area contributed by atoms with E-state index in [0.29, 0.717) is 41.2 Å². The summed E-state index contributed by atoms with van der Waals surface area (Å²) >= 11 is 0. The van der Waals surface area contributed by atoms with E-state index in [2.05, 4.69) is 16.0 Å². The minimum absolute atomic E-state index is 0.170. The molecule has 1 aliphatic rings. The van der Waals surface area contributed by atoms with Gasteiger partial charge < -0.3 is 9.15 Å². The molecular weight excluding hydrogens is 336 g/mol. The smallest absolute Gasteiger partial charge is 0.301 e. The van der Waals surface area contributed by atoms with Crippen molar-refractivity contribution in [2.75, 3.05) is 7.11 Å². The van der Waals surface area contributed by atoms with Crippen molar-refractivity contribution in [2.45, 2.75) is 26.2 Å². The largest absolute Gasteiger partial charge is 0.496 e. The first kappa shape index (κ1) is 17.7. The number of rotatable bonds is 4. The number of carbonyl (C=O) groups is 2. The molecule has 0 spiro atoms. The third-order valence-corrected chi connectivity index (χ3v) is 4.31. The first-order valence-corrected chi connectivity index (χ1v) is 8.20. The van der Waals surface area contributed by atoms with E-state index in [1.54, 1.807) is 31.2 Å². The number of hydrogen-bond acceptors (Lipinski definition) is 6. The fourth-order valence-corrected chi connectivity index (χ4v) is 3.07. The number of amides is 2. The van der Waals surface area contributed by atoms with Gasteiger partial charge in [-0.2, -0.15) is 5.10 Å². The molecule has 0 radical (unpaired) electrons. The van der Waals surface area contributed by atoms with Gasteiger partial charge in [-0.3, -0.25) is 15.0 Å². The molecule has 0 aliphatic heterocycles. The quantitative estimate of drug-likeness (QED) is 0.437. The van der Waals surface area contributed by atoms with Gasteiger partial charge in [-0.1, -0.05) is 12.1 Å². The zero-order chi connectivity index (χ0) is 18.7. The molecule has 0 saturated carbocycles. The Bertz CT molecular complexity index is 885. The number of nitrogens with zero attached hydrogens (tertiary/aromatic N) is 1. The maximum atomic E-state index is 12.4. The number of methoxy groups -OCH3 is 1. The van der Waals surface area contributed by atoms with Gasteiger partial charge in [-0.05, 0) is 31.9 Å². The Morgan fingerprint density at radius 3 is 2.73 bits per heavy atom. The van der Waals surface area contributed by atoms with E-state index in [9.17, 15) is 9.59 Å². The average molecular weight is 356 g/mol. The van der Waals surface area contributed by atoms with Crippen molar-refractivity contribution in [3.8, 4) is 5.75 Å². The van der Waals surface area contributed by atoms with E-state index in [-0.39, 0.29) is 11.7 Å². The molecule has 1 aromatic heterocycles. The molecule has 0 bridgehead atoms. The lowest BCUT2D eigenvalue weighted by atomic mass is 9.93. The van der Waals surface area contributed by atoms with Gasteiger partial charge in [0.2, 0.25) is 0 Å². The Labute approximate surface area is 150 Å². The van der Waals surface area contributed by atoms with E-state index in [1.807, 2.05) is 0 Å². The summed E-state index contributed by atoms with van der Waals surface area (Å²) in [6.45, 7) is 1.77. The number of aryl methyl sites for hydroxylation is 1. The molecule has 0 saturated heterocycles. The summed E-state index contributed by atoms with van der Waals surface area (Å²) in [6.07, 6.45) is 2.18. The highest BCUT2D eigenvalue weighted by atomic mass is 16.5. The van der Waals surface area contributed by atoms with Crippen LogP contribution in [0.1, 0.15) is 50.6 Å². The lowest BCUT2D eigenvalue weighted by Crippen LogP contribution is -2.30. The number of hydrazone groups is 1. The van der Waals surface area contributed by atoms with Crippen LogP contribution >= 0.6 is 0 Å². The first-order chi connectivity index (χ1) is 12.6. The van der Waals surface area contributed by atoms with Crippen LogP contribution in [0.15, 0.2) is 33.8 Å². The predicted molar refractivity (Wildman–Crippen MR) is 95.0 cm³/mol. The lowest BCUT2D eigenvalue weighted by molar-refractivity contribution is 0.0921. The summed E-state index contributed by atoms with van der Waals surface area (Å²) in [5.41, 5.74) is 7.12. The van der Waals surface area contributed by atoms with E-state index in [4.69, 9.17) is 15.0 Å². The molecule has 0 atom stereocenters. The molecule has 136 valence electrons. The Kier molecular flexibility index (Phi) is 5.04. The second-order valence-corrected chi connectivity index (χ2v) is 5.88. The van der Waals surface area contributed by atoms with E-state index >= 15 is 0 Å². The van der Waals surface area contributed by atoms with Gasteiger partial charge in [-0.25, -0.2) is 11.3 Å². The summed E-state index contributed by atoms with van der Waals surface area (Å²) in [6, 6.07) is 6.90. The minimum atomic E-state index is -0.491. The molecule has 1 aliphatic carbocycles. The zero-order valence-corrected chi connectivity index (χ0v) is 14.6. The lowest BCUT2D eigenvalue weighted by Gasteiger charge is -2.14. The van der Waals surface area contributed by atoms with Crippen LogP contribution in [0.5, 0.6) is 5.75 Å². The summed E-state index contributed by atoms with van der Waals surface area (Å²) in [5.74, 6) is 5.65. The monoisotopic (exact) mass is 356 g/mol. The number of nitrogen functional groups attached to an aromatic ring is 1. The van der Waals surface area contributed by atoms with Gasteiger partial charge in [0.05, 0.1) is 18.4 Å². The highest BCUT2D eigenvalue weighted by Crippen LogP contribution is 2.29. The second-order valence-electron chi connectivity index (χ2n) is 5.88. The fourth-order valence-electron chi connectivity index (χ4n) is 3.07. The molecule has 1 heterocycles. The van der Waals surface area contributed by atoms with Gasteiger partial charge in [0.1, 0.15) is 11.5 Å². The Hall–Kier alpha value is -3.13. The summed E-state index contributed by atoms with van der Waals surface area (Å²) in [4.78, 5) is 24.2. The number of nitrogens with one attached hydrogen (secondary N) is 2. The van der Waals surface area contributed by atoms with Crippen molar-refractivity contribution in [1.29, 1.82) is 0 Å². The van der Waals surface area contributed by atoms with Gasteiger partial charge in [0.15, 0.2) is 5.76 Å². The van der Waals surface area contributed by atoms with Gasteiger partial charge >= 0.3 is 5.91 Å². The molecule has 0 unspecified atom stereocenters. The highest BCUT2D eigenvalue weighted by Gasteiger charge is 2.27. The molecule has 0 fully saturated rings. The van der Waals surface area contributed by atoms with Crippen LogP contribution < -0.4 is 21.4 Å². The van der Waals surface area contributed by atoms with Crippen molar-refractivity contribution in [2.24, 2.45) is 10.9 Å². The average Bonchev–Trinajstić information content (AvgIpc) is 3.02. The highest BCUT2D eigenvalue weighted by molar-refractivity contribution is 6.07. The van der Waals surface area contributed by atoms with Crippen molar-refractivity contribution in [1.82, 2.24) is 10.9 Å². The van der Waals surface area contributed by atoms with Crippen LogP contribution in [0.4, 0.5) is 0 Å². The molecule has 3 rings (SSSR count). The zero-order valence-electron chi connectivity index (χ0n) is 14.6. The number of ether oxygens (including phenoxy) is 1. The predicted octanol–water partition coefficient (Wildman–Crippen LogP) is 1.67. The number of nitrogens with two attached hydrogens (primary N) is 1. The second kappa shape index (κ2) is 7.40. The third-order valence-electron chi connectivity index (χ3n) is 4.31. The standard InChI is InChI=1S/C18H20N4O4/c1-10-15-12(7-5-9-14(15)26-16(10)18(24)20-19)21-22-17(23)11-6-3-4-8-13(11)25-2/h3-4,6,8H,5,7,9,19H2,1-2H3,(H,20,24)(H,22,23)/b21-12+. The number of furan rings is 1. The third kappa shape index (κ3) is 3.18. The number of carbonyl (C=O) groups excluding carboxylic acids is 2. The molecule has 4 N–H and O–H groups in total. The molecule has 2 amide bonds. The Morgan fingerprint density at radius 1 is 1.23 bits per heavy atom. The van der Waals surface area contributed by atoms with Gasteiger partial charge in [0.25, 0.3) is 5.91 Å². The van der Waals surface area contributed by atoms with Crippen LogP contribution in [-0.2, 0) is 6.42 Å². The Balaban J connectivity index is 1.89. The normalized spacial score (nSPS) is 14.7. The molecule has 1 aromatic carbocycles. The van der Waals surface area contributed by atoms with Crippen LogP contribution in [0, 0.1) is 6.92 Å². The van der Waals surface area contributed by atoms with Gasteiger partial charge in [-0.15, -0.1) is 0 Å². The molecule has 8 nitrogen and oxygen atoms in total. The minimum Gasteiger partial charge on any atom is -0.496 e. The van der Waals surface area contributed by atoms with E-state index < -0.39 is 5.91 Å². The van der Waals surface area contributed by atoms with Crippen molar-refractivity contribution in [3.05, 3.63) is 52.5 Å².